The van der Waals surface area contributed by atoms with Crippen molar-refractivity contribution in [2.45, 2.75) is 11.3 Å². The third kappa shape index (κ3) is 3.18. The number of hydrogen-bond acceptors (Lipinski definition) is 5. The molecular formula is C10H8O5S-2. The number of rotatable bonds is 4. The summed E-state index contributed by atoms with van der Waals surface area (Å²) < 4.78 is 31.8. The number of carboxylic acid groups (broad SMARTS) is 1. The van der Waals surface area contributed by atoms with Gasteiger partial charge in [-0.2, -0.15) is 0 Å². The van der Waals surface area contributed by atoms with Gasteiger partial charge in [0.15, 0.2) is 0 Å². The van der Waals surface area contributed by atoms with Crippen molar-refractivity contribution < 1.29 is 22.9 Å². The van der Waals surface area contributed by atoms with Crippen LogP contribution in [0, 0.1) is 0 Å². The molecule has 0 saturated carbocycles. The van der Waals surface area contributed by atoms with E-state index < -0.39 is 16.1 Å². The first kappa shape index (κ1) is 12.4. The molecular weight excluding hydrogens is 232 g/mol. The quantitative estimate of drug-likeness (QED) is 0.675. The molecule has 0 aromatic heterocycles. The zero-order valence-corrected chi connectivity index (χ0v) is 8.99. The maximum absolute atomic E-state index is 10.6. The highest BCUT2D eigenvalue weighted by atomic mass is 32.2. The maximum atomic E-state index is 10.6. The van der Waals surface area contributed by atoms with E-state index in [4.69, 9.17) is 0 Å². The predicted molar refractivity (Wildman–Crippen MR) is 53.1 cm³/mol. The van der Waals surface area contributed by atoms with Gasteiger partial charge in [-0.25, -0.2) is 8.42 Å². The molecule has 0 saturated heterocycles. The highest BCUT2D eigenvalue weighted by Crippen LogP contribution is 2.18. The van der Waals surface area contributed by atoms with Crippen LogP contribution in [-0.4, -0.2) is 18.9 Å². The van der Waals surface area contributed by atoms with Crippen LogP contribution in [0.2, 0.25) is 0 Å². The van der Waals surface area contributed by atoms with Gasteiger partial charge < -0.3 is 14.5 Å². The maximum Gasteiger partial charge on any atom is 0.124 e. The second-order valence-corrected chi connectivity index (χ2v) is 4.51. The number of hydrogen-bond donors (Lipinski definition) is 0. The minimum atomic E-state index is -4.48. The lowest BCUT2D eigenvalue weighted by molar-refractivity contribution is -0.304. The van der Waals surface area contributed by atoms with Gasteiger partial charge in [-0.05, 0) is 23.3 Å². The molecule has 6 heteroatoms. The lowest BCUT2D eigenvalue weighted by atomic mass is 10.1. The van der Waals surface area contributed by atoms with Gasteiger partial charge in [0.1, 0.15) is 10.1 Å². The van der Waals surface area contributed by atoms with Gasteiger partial charge in [0, 0.05) is 12.4 Å². The molecule has 0 bridgehead atoms. The summed E-state index contributed by atoms with van der Waals surface area (Å²) in [4.78, 5) is 9.93. The fourth-order valence-corrected chi connectivity index (χ4v) is 1.60. The molecule has 0 aliphatic carbocycles. The number of benzene rings is 1. The van der Waals surface area contributed by atoms with Gasteiger partial charge in [-0.3, -0.25) is 0 Å². The Morgan fingerprint density at radius 1 is 1.25 bits per heavy atom. The molecule has 0 aliphatic rings. The summed E-state index contributed by atoms with van der Waals surface area (Å²) in [6, 6.07) is 4.88. The summed E-state index contributed by atoms with van der Waals surface area (Å²) in [6.07, 6.45) is -0.344. The second kappa shape index (κ2) is 4.46. The fraction of sp³-hybridized carbons (Fsp3) is 0.100. The van der Waals surface area contributed by atoms with E-state index in [-0.39, 0.29) is 16.9 Å². The van der Waals surface area contributed by atoms with E-state index in [2.05, 4.69) is 6.58 Å². The van der Waals surface area contributed by atoms with E-state index in [0.717, 1.165) is 12.1 Å². The SMILES string of the molecule is C=C(CC(=O)[O-])c1ccc(S(=O)(=O)[O-])cc1. The van der Waals surface area contributed by atoms with Crippen LogP contribution in [0.4, 0.5) is 0 Å². The third-order valence-corrected chi connectivity index (χ3v) is 2.76. The summed E-state index contributed by atoms with van der Waals surface area (Å²) in [5, 5.41) is 10.3. The van der Waals surface area contributed by atoms with Gasteiger partial charge >= 0.3 is 0 Å². The van der Waals surface area contributed by atoms with Crippen molar-refractivity contribution in [3.8, 4) is 0 Å². The summed E-state index contributed by atoms with van der Waals surface area (Å²) >= 11 is 0. The van der Waals surface area contributed by atoms with Gasteiger partial charge in [-0.1, -0.05) is 18.7 Å². The summed E-state index contributed by atoms with van der Waals surface area (Å²) in [5.41, 5.74) is 0.742. The Bertz CT molecular complexity index is 513. The van der Waals surface area contributed by atoms with Crippen molar-refractivity contribution in [2.24, 2.45) is 0 Å². The van der Waals surface area contributed by atoms with Gasteiger partial charge in [0.05, 0.1) is 4.90 Å². The van der Waals surface area contributed by atoms with Crippen molar-refractivity contribution >= 4 is 21.7 Å². The minimum absolute atomic E-state index is 0.287. The first-order valence-electron chi connectivity index (χ1n) is 4.24. The third-order valence-electron chi connectivity index (χ3n) is 1.91. The van der Waals surface area contributed by atoms with Crippen LogP contribution in [0.15, 0.2) is 35.7 Å². The highest BCUT2D eigenvalue weighted by Gasteiger charge is 2.03. The van der Waals surface area contributed by atoms with Crippen molar-refractivity contribution in [3.05, 3.63) is 36.4 Å². The Labute approximate surface area is 92.8 Å². The largest absolute Gasteiger partial charge is 0.744 e. The summed E-state index contributed by atoms with van der Waals surface area (Å²) in [6.45, 7) is 3.51. The molecule has 0 N–H and O–H groups in total. The highest BCUT2D eigenvalue weighted by molar-refractivity contribution is 7.85. The topological polar surface area (TPSA) is 97.3 Å². The van der Waals surface area contributed by atoms with Crippen LogP contribution in [-0.2, 0) is 14.9 Å². The zero-order chi connectivity index (χ0) is 12.3. The molecule has 86 valence electrons. The van der Waals surface area contributed by atoms with Crippen LogP contribution in [0.1, 0.15) is 12.0 Å². The second-order valence-electron chi connectivity index (χ2n) is 3.13. The molecule has 0 atom stereocenters. The Hall–Kier alpha value is -1.66. The predicted octanol–water partition coefficient (Wildman–Crippen LogP) is -0.256. The fourth-order valence-electron chi connectivity index (χ4n) is 1.13. The van der Waals surface area contributed by atoms with Crippen molar-refractivity contribution in [1.82, 2.24) is 0 Å². The van der Waals surface area contributed by atoms with Crippen LogP contribution in [0.25, 0.3) is 5.57 Å². The average molecular weight is 240 g/mol. The van der Waals surface area contributed by atoms with Crippen LogP contribution in [0.3, 0.4) is 0 Å². The van der Waals surface area contributed by atoms with E-state index in [1.807, 2.05) is 0 Å². The molecule has 16 heavy (non-hydrogen) atoms. The van der Waals surface area contributed by atoms with Crippen molar-refractivity contribution in [1.29, 1.82) is 0 Å². The molecule has 0 fully saturated rings. The van der Waals surface area contributed by atoms with E-state index in [9.17, 15) is 22.9 Å². The Balaban J connectivity index is 2.96. The Morgan fingerprint density at radius 3 is 2.12 bits per heavy atom. The Morgan fingerprint density at radius 2 is 1.75 bits per heavy atom. The minimum Gasteiger partial charge on any atom is -0.744 e. The first-order chi connectivity index (χ1) is 7.30. The molecule has 0 spiro atoms. The zero-order valence-electron chi connectivity index (χ0n) is 8.17. The first-order valence-corrected chi connectivity index (χ1v) is 5.65. The van der Waals surface area contributed by atoms with E-state index in [1.165, 1.54) is 12.1 Å². The van der Waals surface area contributed by atoms with Crippen LogP contribution >= 0.6 is 0 Å². The molecule has 5 nitrogen and oxygen atoms in total. The molecule has 0 amide bonds. The number of carbonyl (C=O) groups is 1. The number of carbonyl (C=O) groups excluding carboxylic acids is 1. The van der Waals surface area contributed by atoms with E-state index >= 15 is 0 Å². The van der Waals surface area contributed by atoms with Crippen molar-refractivity contribution in [3.63, 3.8) is 0 Å². The van der Waals surface area contributed by atoms with E-state index in [0.29, 0.717) is 5.56 Å². The van der Waals surface area contributed by atoms with Gasteiger partial charge in [-0.15, -0.1) is 0 Å². The molecule has 1 rings (SSSR count). The van der Waals surface area contributed by atoms with E-state index in [1.54, 1.807) is 0 Å². The lowest BCUT2D eigenvalue weighted by Gasteiger charge is -2.09. The van der Waals surface area contributed by atoms with Crippen LogP contribution < -0.4 is 5.11 Å². The number of aliphatic carboxylic acids is 1. The average Bonchev–Trinajstić information content (AvgIpc) is 2.15. The number of carboxylic acids is 1. The molecule has 1 aromatic rings. The van der Waals surface area contributed by atoms with Gasteiger partial charge in [0.2, 0.25) is 0 Å². The molecule has 0 radical (unpaired) electrons. The molecule has 0 unspecified atom stereocenters. The van der Waals surface area contributed by atoms with Crippen molar-refractivity contribution in [2.75, 3.05) is 0 Å². The lowest BCUT2D eigenvalue weighted by Crippen LogP contribution is -2.21. The monoisotopic (exact) mass is 240 g/mol. The van der Waals surface area contributed by atoms with Gasteiger partial charge in [0.25, 0.3) is 0 Å². The molecule has 0 aliphatic heterocycles. The standard InChI is InChI=1S/C10H10O5S/c1-7(6-10(11)12)8-2-4-9(5-3-8)16(13,14)15/h2-5H,1,6H2,(H,11,12)(H,13,14,15)/p-2. The normalized spacial score (nSPS) is 11.1. The molecule has 0 heterocycles. The molecule has 1 aromatic carbocycles. The van der Waals surface area contributed by atoms with Crippen LogP contribution in [0.5, 0.6) is 0 Å². The Kier molecular flexibility index (Phi) is 3.46. The summed E-state index contributed by atoms with van der Waals surface area (Å²) in [5.74, 6) is -1.27. The summed E-state index contributed by atoms with van der Waals surface area (Å²) in [7, 11) is -4.48. The smallest absolute Gasteiger partial charge is 0.124 e.